The summed E-state index contributed by atoms with van der Waals surface area (Å²) in [7, 11) is -3.70. The Morgan fingerprint density at radius 2 is 1.83 bits per heavy atom. The fourth-order valence-corrected chi connectivity index (χ4v) is 7.90. The molecule has 3 atom stereocenters. The van der Waals surface area contributed by atoms with Gasteiger partial charge in [0.05, 0.1) is 29.9 Å². The minimum atomic E-state index is -3.70. The van der Waals surface area contributed by atoms with Crippen molar-refractivity contribution in [1.82, 2.24) is 19.2 Å². The van der Waals surface area contributed by atoms with E-state index in [0.717, 1.165) is 11.3 Å². The van der Waals surface area contributed by atoms with Crippen molar-refractivity contribution >= 4 is 38.1 Å². The smallest absolute Gasteiger partial charge is 0.252 e. The first-order chi connectivity index (χ1) is 17.0. The lowest BCUT2D eigenvalue weighted by Gasteiger charge is -2.49. The first-order valence-corrected chi connectivity index (χ1v) is 14.3. The molecule has 0 saturated carbocycles. The van der Waals surface area contributed by atoms with Crippen molar-refractivity contribution in [2.24, 2.45) is 0 Å². The third kappa shape index (κ3) is 5.00. The summed E-state index contributed by atoms with van der Waals surface area (Å²) in [6.07, 6.45) is 4.10. The maximum Gasteiger partial charge on any atom is 0.252 e. The zero-order chi connectivity index (χ0) is 25.7. The Bertz CT molecular complexity index is 1200. The van der Waals surface area contributed by atoms with Crippen molar-refractivity contribution in [2.45, 2.75) is 54.6 Å². The van der Waals surface area contributed by atoms with Crippen LogP contribution in [-0.2, 0) is 25.2 Å². The van der Waals surface area contributed by atoms with Gasteiger partial charge in [0, 0.05) is 69.1 Å². The summed E-state index contributed by atoms with van der Waals surface area (Å²) >= 11 is 1.06. The third-order valence-electron chi connectivity index (χ3n) is 7.15. The number of sulfonamides is 1. The summed E-state index contributed by atoms with van der Waals surface area (Å²) < 4.78 is 34.3. The maximum atomic E-state index is 13.4. The molecule has 0 amide bonds. The number of nitrogen functional groups attached to an aromatic ring is 1. The molecule has 2 bridgehead atoms. The number of piperazine rings is 1. The highest BCUT2D eigenvalue weighted by molar-refractivity contribution is 7.91. The van der Waals surface area contributed by atoms with E-state index in [0.29, 0.717) is 55.7 Å². The van der Waals surface area contributed by atoms with E-state index in [1.165, 1.54) is 4.31 Å². The van der Waals surface area contributed by atoms with Crippen molar-refractivity contribution in [3.63, 3.8) is 0 Å². The number of nitrogens with zero attached hydrogens (tertiary/aromatic N) is 5. The monoisotopic (exact) mass is 536 g/mol. The molecule has 13 heteroatoms. The Balaban J connectivity index is 1.43. The number of aliphatic hydroxyl groups is 1. The number of carbonyl (C=O) groups is 1. The number of anilines is 2. The normalized spacial score (nSPS) is 26.4. The molecule has 2 aromatic rings. The minimum absolute atomic E-state index is 0.0191. The van der Waals surface area contributed by atoms with Gasteiger partial charge in [0.1, 0.15) is 9.99 Å². The molecule has 0 aromatic carbocycles. The zero-order valence-electron chi connectivity index (χ0n) is 20.4. The number of morpholine rings is 1. The molecule has 36 heavy (non-hydrogen) atoms. The van der Waals surface area contributed by atoms with Gasteiger partial charge in [-0.05, 0) is 26.0 Å². The van der Waals surface area contributed by atoms with E-state index in [1.807, 2.05) is 4.90 Å². The first-order valence-electron chi connectivity index (χ1n) is 12.0. The van der Waals surface area contributed by atoms with E-state index < -0.39 is 15.6 Å². The van der Waals surface area contributed by atoms with E-state index in [1.54, 1.807) is 38.4 Å². The molecule has 3 fully saturated rings. The molecule has 5 heterocycles. The SMILES string of the molecule is CC(C)(O)c1cnc(N2CCN(S(=O)(=O)c3ccc(N)s3)C[C@@H]2CN2C3COCC2CC(=O)C3)nc1. The average Bonchev–Trinajstić information content (AvgIpc) is 3.26. The molecule has 2 aromatic heterocycles. The van der Waals surface area contributed by atoms with Crippen LogP contribution < -0.4 is 10.6 Å². The maximum absolute atomic E-state index is 13.4. The predicted molar refractivity (Wildman–Crippen MR) is 135 cm³/mol. The molecular weight excluding hydrogens is 504 g/mol. The minimum Gasteiger partial charge on any atom is -0.391 e. The lowest BCUT2D eigenvalue weighted by atomic mass is 9.92. The summed E-state index contributed by atoms with van der Waals surface area (Å²) in [5, 5.41) is 10.7. The zero-order valence-corrected chi connectivity index (χ0v) is 22.0. The van der Waals surface area contributed by atoms with Crippen LogP contribution in [0.25, 0.3) is 0 Å². The fraction of sp³-hybridized carbons (Fsp3) is 0.609. The molecule has 0 aliphatic carbocycles. The van der Waals surface area contributed by atoms with E-state index >= 15 is 0 Å². The van der Waals surface area contributed by atoms with Crippen molar-refractivity contribution < 1.29 is 23.1 Å². The summed E-state index contributed by atoms with van der Waals surface area (Å²) in [6, 6.07) is 2.88. The number of nitrogens with two attached hydrogens (primary N) is 1. The quantitative estimate of drug-likeness (QED) is 0.541. The largest absolute Gasteiger partial charge is 0.391 e. The average molecular weight is 537 g/mol. The Morgan fingerprint density at radius 1 is 1.17 bits per heavy atom. The predicted octanol–water partition coefficient (Wildman–Crippen LogP) is 0.660. The van der Waals surface area contributed by atoms with Gasteiger partial charge in [-0.25, -0.2) is 18.4 Å². The number of rotatable bonds is 6. The van der Waals surface area contributed by atoms with Crippen LogP contribution in [0.4, 0.5) is 10.9 Å². The molecule has 3 N–H and O–H groups in total. The van der Waals surface area contributed by atoms with Gasteiger partial charge in [-0.1, -0.05) is 0 Å². The number of ketones is 1. The van der Waals surface area contributed by atoms with Crippen LogP contribution in [0.5, 0.6) is 0 Å². The van der Waals surface area contributed by atoms with Crippen molar-refractivity contribution in [1.29, 1.82) is 0 Å². The number of ether oxygens (including phenoxy) is 1. The molecule has 0 spiro atoms. The Morgan fingerprint density at radius 3 is 2.42 bits per heavy atom. The van der Waals surface area contributed by atoms with Gasteiger partial charge in [0.25, 0.3) is 10.0 Å². The van der Waals surface area contributed by atoms with Gasteiger partial charge in [0.15, 0.2) is 0 Å². The highest BCUT2D eigenvalue weighted by atomic mass is 32.2. The van der Waals surface area contributed by atoms with Crippen LogP contribution >= 0.6 is 11.3 Å². The van der Waals surface area contributed by atoms with Gasteiger partial charge >= 0.3 is 0 Å². The molecule has 196 valence electrons. The van der Waals surface area contributed by atoms with Crippen molar-refractivity contribution in [2.75, 3.05) is 50.0 Å². The van der Waals surface area contributed by atoms with Gasteiger partial charge in [-0.15, -0.1) is 11.3 Å². The first kappa shape index (κ1) is 25.5. The number of aromatic nitrogens is 2. The number of carbonyl (C=O) groups excluding carboxylic acids is 1. The Hall–Kier alpha value is -2.16. The van der Waals surface area contributed by atoms with Crippen LogP contribution in [0.3, 0.4) is 0 Å². The third-order valence-corrected chi connectivity index (χ3v) is 10.4. The summed E-state index contributed by atoms with van der Waals surface area (Å²) in [6.45, 7) is 5.82. The second-order valence-electron chi connectivity index (χ2n) is 10.2. The summed E-state index contributed by atoms with van der Waals surface area (Å²) in [4.78, 5) is 25.6. The highest BCUT2D eigenvalue weighted by Crippen LogP contribution is 2.31. The number of piperidine rings is 1. The number of hydrogen-bond acceptors (Lipinski definition) is 11. The van der Waals surface area contributed by atoms with Gasteiger partial charge in [-0.2, -0.15) is 4.31 Å². The number of hydrogen-bond donors (Lipinski definition) is 2. The van der Waals surface area contributed by atoms with Crippen LogP contribution in [-0.4, -0.2) is 96.0 Å². The lowest BCUT2D eigenvalue weighted by Crippen LogP contribution is -2.64. The van der Waals surface area contributed by atoms with E-state index in [4.69, 9.17) is 10.5 Å². The van der Waals surface area contributed by atoms with Crippen molar-refractivity contribution in [3.05, 3.63) is 30.1 Å². The summed E-state index contributed by atoms with van der Waals surface area (Å²) in [5.74, 6) is 0.731. The Labute approximate surface area is 214 Å². The molecule has 0 radical (unpaired) electrons. The Kier molecular flexibility index (Phi) is 6.81. The number of fused-ring (bicyclic) bond motifs is 2. The molecule has 2 unspecified atom stereocenters. The van der Waals surface area contributed by atoms with Gasteiger partial charge in [0.2, 0.25) is 5.95 Å². The molecule has 5 rings (SSSR count). The highest BCUT2D eigenvalue weighted by Gasteiger charge is 2.43. The van der Waals surface area contributed by atoms with E-state index in [9.17, 15) is 18.3 Å². The molecule has 11 nitrogen and oxygen atoms in total. The van der Waals surface area contributed by atoms with Crippen molar-refractivity contribution in [3.8, 4) is 0 Å². The molecule has 3 aliphatic rings. The number of Topliss-reactive ketones (excluding diaryl/α,β-unsaturated/α-hetero) is 1. The second-order valence-corrected chi connectivity index (χ2v) is 13.5. The van der Waals surface area contributed by atoms with Gasteiger partial charge < -0.3 is 20.5 Å². The van der Waals surface area contributed by atoms with Gasteiger partial charge in [-0.3, -0.25) is 9.69 Å². The lowest BCUT2D eigenvalue weighted by molar-refractivity contribution is -0.136. The topological polar surface area (TPSA) is 142 Å². The van der Waals surface area contributed by atoms with Crippen LogP contribution in [0, 0.1) is 0 Å². The molecule has 3 aliphatic heterocycles. The summed E-state index contributed by atoms with van der Waals surface area (Å²) in [5.41, 5.74) is 5.34. The van der Waals surface area contributed by atoms with E-state index in [-0.39, 0.29) is 41.2 Å². The second kappa shape index (κ2) is 9.62. The fourth-order valence-electron chi connectivity index (χ4n) is 5.18. The molecular formula is C23H32N6O5S2. The standard InChI is InChI=1S/C23H32N6O5S2/c1-23(2,31)15-9-25-22(26-10-15)28-6-5-27(36(32,33)21-4-3-20(24)35-21)11-18(28)12-29-16-7-19(30)8-17(29)14-34-13-16/h3-4,9-10,16-18,31H,5-8,11-14,24H2,1-2H3/t16?,17?,18-/m1/s1. The molecule has 3 saturated heterocycles. The van der Waals surface area contributed by atoms with Crippen LogP contribution in [0.15, 0.2) is 28.7 Å². The van der Waals surface area contributed by atoms with E-state index in [2.05, 4.69) is 14.9 Å². The number of thiophene rings is 1. The van der Waals surface area contributed by atoms with Crippen LogP contribution in [0.1, 0.15) is 32.3 Å². The van der Waals surface area contributed by atoms with Crippen LogP contribution in [0.2, 0.25) is 0 Å².